The van der Waals surface area contributed by atoms with E-state index in [1.54, 1.807) is 0 Å². The van der Waals surface area contributed by atoms with Gasteiger partial charge in [-0.2, -0.15) is 5.26 Å². The highest BCUT2D eigenvalue weighted by atomic mass is 35.5. The summed E-state index contributed by atoms with van der Waals surface area (Å²) in [5.41, 5.74) is 0. The predicted molar refractivity (Wildman–Crippen MR) is 67.8 cm³/mol. The molecule has 0 radical (unpaired) electrons. The maximum absolute atomic E-state index is 11.3. The number of primary sulfonamides is 1. The van der Waals surface area contributed by atoms with E-state index >= 15 is 0 Å². The highest BCUT2D eigenvalue weighted by Crippen LogP contribution is 2.26. The van der Waals surface area contributed by atoms with Crippen LogP contribution in [0, 0.1) is 11.3 Å². The molecule has 0 saturated heterocycles. The van der Waals surface area contributed by atoms with Crippen LogP contribution in [0.4, 0.5) is 0 Å². The van der Waals surface area contributed by atoms with Crippen molar-refractivity contribution < 1.29 is 13.2 Å². The molecule has 98 valence electrons. The number of nitrogens with zero attached hydrogens (tertiary/aromatic N) is 1. The number of halogens is 1. The van der Waals surface area contributed by atoms with Gasteiger partial charge in [-0.1, -0.05) is 11.6 Å². The molecular weight excluding hydrogens is 276 g/mol. The first kappa shape index (κ1) is 14.8. The Morgan fingerprint density at radius 1 is 1.39 bits per heavy atom. The zero-order valence-corrected chi connectivity index (χ0v) is 11.2. The van der Waals surface area contributed by atoms with Crippen LogP contribution in [0.5, 0.6) is 5.75 Å². The van der Waals surface area contributed by atoms with Crippen LogP contribution in [0.1, 0.15) is 19.3 Å². The maximum atomic E-state index is 11.3. The SMILES string of the molecule is N#CCCCCOc1ccc(Cl)cc1S(N)(=O)=O. The average molecular weight is 289 g/mol. The van der Waals surface area contributed by atoms with Crippen molar-refractivity contribution in [2.45, 2.75) is 24.2 Å². The van der Waals surface area contributed by atoms with Gasteiger partial charge in [0.1, 0.15) is 10.6 Å². The van der Waals surface area contributed by atoms with Crippen LogP contribution in [0.2, 0.25) is 5.02 Å². The Balaban J connectivity index is 2.74. The third-order valence-electron chi connectivity index (χ3n) is 2.15. The van der Waals surface area contributed by atoms with E-state index in [1.807, 2.05) is 6.07 Å². The molecule has 0 spiro atoms. The standard InChI is InChI=1S/C11H13ClN2O3S/c12-9-4-5-10(11(8-9)18(14,15)16)17-7-3-1-2-6-13/h4-5,8H,1-3,7H2,(H2,14,15,16). The molecule has 0 heterocycles. The average Bonchev–Trinajstić information content (AvgIpc) is 2.29. The minimum absolute atomic E-state index is 0.129. The summed E-state index contributed by atoms with van der Waals surface area (Å²) in [6, 6.07) is 6.27. The molecule has 0 unspecified atom stereocenters. The summed E-state index contributed by atoms with van der Waals surface area (Å²) >= 11 is 5.71. The number of nitrogens with two attached hydrogens (primary N) is 1. The second kappa shape index (κ2) is 6.59. The van der Waals surface area contributed by atoms with Gasteiger partial charge in [0, 0.05) is 11.4 Å². The molecular formula is C11H13ClN2O3S. The van der Waals surface area contributed by atoms with E-state index in [0.717, 1.165) is 0 Å². The lowest BCUT2D eigenvalue weighted by Crippen LogP contribution is -2.14. The molecule has 0 saturated carbocycles. The van der Waals surface area contributed by atoms with Crippen molar-refractivity contribution in [1.29, 1.82) is 5.26 Å². The smallest absolute Gasteiger partial charge is 0.241 e. The van der Waals surface area contributed by atoms with Gasteiger partial charge >= 0.3 is 0 Å². The monoisotopic (exact) mass is 288 g/mol. The number of unbranched alkanes of at least 4 members (excludes halogenated alkanes) is 2. The third-order valence-corrected chi connectivity index (χ3v) is 3.32. The molecule has 0 aliphatic carbocycles. The predicted octanol–water partition coefficient (Wildman–Crippen LogP) is 2.06. The van der Waals surface area contributed by atoms with Crippen LogP contribution < -0.4 is 9.88 Å². The summed E-state index contributed by atoms with van der Waals surface area (Å²) < 4.78 is 28.0. The Kier molecular flexibility index (Phi) is 5.41. The number of hydrogen-bond acceptors (Lipinski definition) is 4. The van der Waals surface area contributed by atoms with Gasteiger partial charge in [0.2, 0.25) is 10.0 Å². The number of ether oxygens (including phenoxy) is 1. The van der Waals surface area contributed by atoms with E-state index in [0.29, 0.717) is 25.9 Å². The molecule has 0 fully saturated rings. The molecule has 7 heteroatoms. The zero-order chi connectivity index (χ0) is 13.6. The summed E-state index contributed by atoms with van der Waals surface area (Å²) in [4.78, 5) is -0.129. The summed E-state index contributed by atoms with van der Waals surface area (Å²) in [7, 11) is -3.87. The first-order valence-corrected chi connectivity index (χ1v) is 7.19. The van der Waals surface area contributed by atoms with Crippen molar-refractivity contribution in [2.75, 3.05) is 6.61 Å². The minimum atomic E-state index is -3.87. The molecule has 18 heavy (non-hydrogen) atoms. The number of nitriles is 1. The molecule has 0 aromatic heterocycles. The normalized spacial score (nSPS) is 10.9. The van der Waals surface area contributed by atoms with Crippen molar-refractivity contribution in [3.05, 3.63) is 23.2 Å². The molecule has 2 N–H and O–H groups in total. The molecule has 1 aromatic rings. The molecule has 0 aliphatic rings. The Morgan fingerprint density at radius 3 is 2.72 bits per heavy atom. The molecule has 0 aliphatic heterocycles. The van der Waals surface area contributed by atoms with Crippen LogP contribution in [-0.4, -0.2) is 15.0 Å². The lowest BCUT2D eigenvalue weighted by Gasteiger charge is -2.10. The maximum Gasteiger partial charge on any atom is 0.241 e. The molecule has 0 atom stereocenters. The zero-order valence-electron chi connectivity index (χ0n) is 9.60. The Bertz CT molecular complexity index is 552. The fourth-order valence-corrected chi connectivity index (χ4v) is 2.25. The summed E-state index contributed by atoms with van der Waals surface area (Å²) in [6.45, 7) is 0.325. The van der Waals surface area contributed by atoms with Gasteiger partial charge in [0.05, 0.1) is 12.7 Å². The van der Waals surface area contributed by atoms with Crippen molar-refractivity contribution in [3.8, 4) is 11.8 Å². The highest BCUT2D eigenvalue weighted by Gasteiger charge is 2.15. The van der Waals surface area contributed by atoms with E-state index in [9.17, 15) is 8.42 Å². The van der Waals surface area contributed by atoms with Crippen LogP contribution >= 0.6 is 11.6 Å². The largest absolute Gasteiger partial charge is 0.492 e. The van der Waals surface area contributed by atoms with Crippen LogP contribution in [-0.2, 0) is 10.0 Å². The van der Waals surface area contributed by atoms with Gasteiger partial charge in [0.15, 0.2) is 0 Å². The van der Waals surface area contributed by atoms with Crippen molar-refractivity contribution in [1.82, 2.24) is 0 Å². The first-order valence-electron chi connectivity index (χ1n) is 5.27. The molecule has 0 bridgehead atoms. The lowest BCUT2D eigenvalue weighted by atomic mass is 10.2. The number of sulfonamides is 1. The van der Waals surface area contributed by atoms with Crippen molar-refractivity contribution >= 4 is 21.6 Å². The Hall–Kier alpha value is -1.29. The fourth-order valence-electron chi connectivity index (χ4n) is 1.31. The van der Waals surface area contributed by atoms with Gasteiger partial charge < -0.3 is 4.74 Å². The van der Waals surface area contributed by atoms with E-state index in [1.165, 1.54) is 18.2 Å². The van der Waals surface area contributed by atoms with E-state index in [2.05, 4.69) is 0 Å². The van der Waals surface area contributed by atoms with E-state index < -0.39 is 10.0 Å². The second-order valence-corrected chi connectivity index (χ2v) is 5.57. The summed E-state index contributed by atoms with van der Waals surface area (Å²) in [5.74, 6) is 0.179. The topological polar surface area (TPSA) is 93.2 Å². The van der Waals surface area contributed by atoms with E-state index in [-0.39, 0.29) is 15.7 Å². The highest BCUT2D eigenvalue weighted by molar-refractivity contribution is 7.89. The summed E-state index contributed by atoms with van der Waals surface area (Å²) in [5, 5.41) is 13.7. The van der Waals surface area contributed by atoms with Gasteiger partial charge in [-0.25, -0.2) is 13.6 Å². The van der Waals surface area contributed by atoms with Gasteiger partial charge in [-0.15, -0.1) is 0 Å². The molecule has 1 aromatic carbocycles. The van der Waals surface area contributed by atoms with Crippen molar-refractivity contribution in [3.63, 3.8) is 0 Å². The molecule has 0 amide bonds. The number of rotatable bonds is 6. The van der Waals surface area contributed by atoms with E-state index in [4.69, 9.17) is 26.7 Å². The van der Waals surface area contributed by atoms with Crippen molar-refractivity contribution in [2.24, 2.45) is 5.14 Å². The third kappa shape index (κ3) is 4.53. The first-order chi connectivity index (χ1) is 8.45. The van der Waals surface area contributed by atoms with Gasteiger partial charge in [-0.3, -0.25) is 0 Å². The second-order valence-electron chi connectivity index (χ2n) is 3.60. The van der Waals surface area contributed by atoms with Gasteiger partial charge in [-0.05, 0) is 31.0 Å². The summed E-state index contributed by atoms with van der Waals surface area (Å²) in [6.07, 6.45) is 1.82. The van der Waals surface area contributed by atoms with Gasteiger partial charge in [0.25, 0.3) is 0 Å². The van der Waals surface area contributed by atoms with Crippen LogP contribution in [0.15, 0.2) is 23.1 Å². The lowest BCUT2D eigenvalue weighted by molar-refractivity contribution is 0.300. The fraction of sp³-hybridized carbons (Fsp3) is 0.364. The Labute approximate surface area is 111 Å². The number of benzene rings is 1. The minimum Gasteiger partial charge on any atom is -0.492 e. The Morgan fingerprint density at radius 2 is 2.11 bits per heavy atom. The molecule has 1 rings (SSSR count). The quantitative estimate of drug-likeness (QED) is 0.811. The van der Waals surface area contributed by atoms with Crippen LogP contribution in [0.25, 0.3) is 0 Å². The molecule has 5 nitrogen and oxygen atoms in total. The van der Waals surface area contributed by atoms with Crippen LogP contribution in [0.3, 0.4) is 0 Å². The number of hydrogen-bond donors (Lipinski definition) is 1.